The van der Waals surface area contributed by atoms with Gasteiger partial charge in [0.2, 0.25) is 0 Å². The topological polar surface area (TPSA) is 75.4 Å². The number of hydrogen-bond donors (Lipinski definition) is 2. The molecule has 92 valence electrons. The van der Waals surface area contributed by atoms with Gasteiger partial charge in [0.05, 0.1) is 11.5 Å². The first kappa shape index (κ1) is 12.3. The molecule has 0 amide bonds. The highest BCUT2D eigenvalue weighted by molar-refractivity contribution is 9.10. The van der Waals surface area contributed by atoms with E-state index in [1.165, 1.54) is 6.07 Å². The predicted molar refractivity (Wildman–Crippen MR) is 68.0 cm³/mol. The summed E-state index contributed by atoms with van der Waals surface area (Å²) in [5.41, 5.74) is 0.474. The third-order valence-corrected chi connectivity index (χ3v) is 3.59. The number of nitro groups is 1. The monoisotopic (exact) mass is 300 g/mol. The third-order valence-electron chi connectivity index (χ3n) is 3.10. The maximum Gasteiger partial charge on any atom is 0.292 e. The van der Waals surface area contributed by atoms with E-state index in [4.69, 9.17) is 0 Å². The molecule has 2 rings (SSSR count). The summed E-state index contributed by atoms with van der Waals surface area (Å²) in [5, 5.41) is 23.1. The Hall–Kier alpha value is -1.14. The Labute approximate surface area is 107 Å². The lowest BCUT2D eigenvalue weighted by molar-refractivity contribution is -0.384. The van der Waals surface area contributed by atoms with Gasteiger partial charge in [0, 0.05) is 22.5 Å². The number of nitrogens with zero attached hydrogens (tertiary/aromatic N) is 1. The van der Waals surface area contributed by atoms with Gasteiger partial charge in [0.25, 0.3) is 5.69 Å². The summed E-state index contributed by atoms with van der Waals surface area (Å²) in [6.07, 6.45) is 1.94. The van der Waals surface area contributed by atoms with Crippen LogP contribution in [0.15, 0.2) is 22.7 Å². The first-order valence-corrected chi connectivity index (χ1v) is 6.14. The van der Waals surface area contributed by atoms with Crippen molar-refractivity contribution in [3.05, 3.63) is 32.8 Å². The highest BCUT2D eigenvalue weighted by Crippen LogP contribution is 2.45. The van der Waals surface area contributed by atoms with Crippen LogP contribution in [0.5, 0.6) is 0 Å². The van der Waals surface area contributed by atoms with Gasteiger partial charge in [-0.3, -0.25) is 10.1 Å². The lowest BCUT2D eigenvalue weighted by atomic mass is 10.1. The van der Waals surface area contributed by atoms with Crippen molar-refractivity contribution in [2.75, 3.05) is 18.5 Å². The number of anilines is 1. The lowest BCUT2D eigenvalue weighted by Gasteiger charge is -2.14. The van der Waals surface area contributed by atoms with Crippen LogP contribution in [-0.2, 0) is 0 Å². The average Bonchev–Trinajstić information content (AvgIpc) is 3.07. The Balaban J connectivity index is 2.13. The lowest BCUT2D eigenvalue weighted by Crippen LogP contribution is -2.19. The summed E-state index contributed by atoms with van der Waals surface area (Å²) in [6, 6.07) is 4.79. The maximum atomic E-state index is 10.8. The fraction of sp³-hybridized carbons (Fsp3) is 0.455. The molecule has 0 heterocycles. The number of aliphatic hydroxyl groups is 1. The van der Waals surface area contributed by atoms with Gasteiger partial charge in [-0.15, -0.1) is 0 Å². The molecule has 17 heavy (non-hydrogen) atoms. The predicted octanol–water partition coefficient (Wildman–Crippen LogP) is 2.54. The van der Waals surface area contributed by atoms with E-state index in [-0.39, 0.29) is 17.7 Å². The second-order valence-electron chi connectivity index (χ2n) is 4.43. The standard InChI is InChI=1S/C11H13BrN2O3/c12-8-1-2-10(14(16)17)9(5-8)13-6-11(7-15)3-4-11/h1-2,5,13,15H,3-4,6-7H2. The molecule has 0 saturated heterocycles. The van der Waals surface area contributed by atoms with Crippen LogP contribution in [0.25, 0.3) is 0 Å². The van der Waals surface area contributed by atoms with Gasteiger partial charge in [-0.2, -0.15) is 0 Å². The molecule has 2 N–H and O–H groups in total. The molecule has 1 aliphatic rings. The number of nitro benzene ring substituents is 1. The van der Waals surface area contributed by atoms with Crippen LogP contribution in [0.4, 0.5) is 11.4 Å². The summed E-state index contributed by atoms with van der Waals surface area (Å²) in [7, 11) is 0. The molecule has 0 aliphatic heterocycles. The number of hydrogen-bond acceptors (Lipinski definition) is 4. The van der Waals surface area contributed by atoms with Crippen molar-refractivity contribution in [2.24, 2.45) is 5.41 Å². The molecule has 6 heteroatoms. The van der Waals surface area contributed by atoms with Gasteiger partial charge in [-0.05, 0) is 25.0 Å². The molecule has 1 aromatic rings. The van der Waals surface area contributed by atoms with Crippen molar-refractivity contribution in [3.8, 4) is 0 Å². The van der Waals surface area contributed by atoms with Gasteiger partial charge in [-0.25, -0.2) is 0 Å². The fourth-order valence-electron chi connectivity index (χ4n) is 1.66. The Morgan fingerprint density at radius 1 is 1.53 bits per heavy atom. The van der Waals surface area contributed by atoms with Crippen molar-refractivity contribution >= 4 is 27.3 Å². The molecule has 0 radical (unpaired) electrons. The number of benzene rings is 1. The summed E-state index contributed by atoms with van der Waals surface area (Å²) in [4.78, 5) is 10.4. The fourth-order valence-corrected chi connectivity index (χ4v) is 2.02. The van der Waals surface area contributed by atoms with E-state index >= 15 is 0 Å². The van der Waals surface area contributed by atoms with Gasteiger partial charge >= 0.3 is 0 Å². The number of halogens is 1. The van der Waals surface area contributed by atoms with Crippen LogP contribution < -0.4 is 5.32 Å². The largest absolute Gasteiger partial charge is 0.396 e. The van der Waals surface area contributed by atoms with Gasteiger partial charge in [-0.1, -0.05) is 15.9 Å². The molecule has 1 fully saturated rings. The molecule has 0 aromatic heterocycles. The number of nitrogens with one attached hydrogen (secondary N) is 1. The summed E-state index contributed by atoms with van der Waals surface area (Å²) in [6.45, 7) is 0.697. The minimum atomic E-state index is -0.409. The van der Waals surface area contributed by atoms with E-state index in [1.54, 1.807) is 12.1 Å². The highest BCUT2D eigenvalue weighted by Gasteiger charge is 2.41. The van der Waals surface area contributed by atoms with Crippen molar-refractivity contribution in [1.29, 1.82) is 0 Å². The Bertz CT molecular complexity index is 446. The molecule has 0 unspecified atom stereocenters. The molecule has 1 aliphatic carbocycles. The highest BCUT2D eigenvalue weighted by atomic mass is 79.9. The minimum Gasteiger partial charge on any atom is -0.396 e. The first-order valence-electron chi connectivity index (χ1n) is 5.35. The smallest absolute Gasteiger partial charge is 0.292 e. The van der Waals surface area contributed by atoms with Gasteiger partial charge < -0.3 is 10.4 Å². The molecular formula is C11H13BrN2O3. The zero-order chi connectivity index (χ0) is 12.5. The summed E-state index contributed by atoms with van der Waals surface area (Å²) in [5.74, 6) is 0. The third kappa shape index (κ3) is 2.76. The molecule has 5 nitrogen and oxygen atoms in total. The van der Waals surface area contributed by atoms with Crippen molar-refractivity contribution in [3.63, 3.8) is 0 Å². The van der Waals surface area contributed by atoms with Crippen molar-refractivity contribution < 1.29 is 10.0 Å². The average molecular weight is 301 g/mol. The molecule has 1 saturated carbocycles. The van der Waals surface area contributed by atoms with Crippen LogP contribution >= 0.6 is 15.9 Å². The second kappa shape index (κ2) is 4.62. The SMILES string of the molecule is O=[N+]([O-])c1ccc(Br)cc1NCC1(CO)CC1. The van der Waals surface area contributed by atoms with Crippen LogP contribution in [0.3, 0.4) is 0 Å². The number of aliphatic hydroxyl groups excluding tert-OH is 1. The van der Waals surface area contributed by atoms with E-state index in [9.17, 15) is 15.2 Å². The summed E-state index contributed by atoms with van der Waals surface area (Å²) >= 11 is 3.29. The number of rotatable bonds is 5. The molecule has 0 bridgehead atoms. The van der Waals surface area contributed by atoms with E-state index in [1.807, 2.05) is 0 Å². The zero-order valence-electron chi connectivity index (χ0n) is 9.15. The Morgan fingerprint density at radius 3 is 2.76 bits per heavy atom. The van der Waals surface area contributed by atoms with Gasteiger partial charge in [0.1, 0.15) is 5.69 Å². The molecule has 0 atom stereocenters. The molecular weight excluding hydrogens is 288 g/mol. The van der Waals surface area contributed by atoms with Gasteiger partial charge in [0.15, 0.2) is 0 Å². The normalized spacial score (nSPS) is 16.6. The van der Waals surface area contributed by atoms with E-state index < -0.39 is 4.92 Å². The van der Waals surface area contributed by atoms with Crippen molar-refractivity contribution in [1.82, 2.24) is 0 Å². The van der Waals surface area contributed by atoms with Crippen LogP contribution in [0.1, 0.15) is 12.8 Å². The zero-order valence-corrected chi connectivity index (χ0v) is 10.7. The Kier molecular flexibility index (Phi) is 3.35. The van der Waals surface area contributed by atoms with Crippen LogP contribution in [0, 0.1) is 15.5 Å². The minimum absolute atomic E-state index is 0.0574. The quantitative estimate of drug-likeness (QED) is 0.647. The molecule has 1 aromatic carbocycles. The van der Waals surface area contributed by atoms with E-state index in [0.717, 1.165) is 17.3 Å². The Morgan fingerprint density at radius 2 is 2.24 bits per heavy atom. The van der Waals surface area contributed by atoms with Crippen LogP contribution in [-0.4, -0.2) is 23.2 Å². The maximum absolute atomic E-state index is 10.8. The summed E-state index contributed by atoms with van der Waals surface area (Å²) < 4.78 is 0.791. The van der Waals surface area contributed by atoms with Crippen molar-refractivity contribution in [2.45, 2.75) is 12.8 Å². The van der Waals surface area contributed by atoms with E-state index in [0.29, 0.717) is 12.2 Å². The van der Waals surface area contributed by atoms with E-state index in [2.05, 4.69) is 21.2 Å². The second-order valence-corrected chi connectivity index (χ2v) is 5.35. The first-order chi connectivity index (χ1) is 8.06. The molecule has 0 spiro atoms. The van der Waals surface area contributed by atoms with Crippen LogP contribution in [0.2, 0.25) is 0 Å².